The van der Waals surface area contributed by atoms with Crippen molar-refractivity contribution in [2.75, 3.05) is 32.9 Å². The maximum atomic E-state index is 12.0. The molecule has 1 saturated heterocycles. The lowest BCUT2D eigenvalue weighted by atomic mass is 9.76. The number of likely N-dealkylation sites (N-methyl/N-ethyl adjacent to an activating group) is 1. The predicted octanol–water partition coefficient (Wildman–Crippen LogP) is 0.142. The van der Waals surface area contributed by atoms with Gasteiger partial charge in [0.05, 0.1) is 5.75 Å². The van der Waals surface area contributed by atoms with E-state index in [9.17, 15) is 8.42 Å². The molecule has 2 fully saturated rings. The Morgan fingerprint density at radius 1 is 1.33 bits per heavy atom. The lowest BCUT2D eigenvalue weighted by molar-refractivity contribution is 0.0656. The maximum Gasteiger partial charge on any atom is 0.213 e. The van der Waals surface area contributed by atoms with Gasteiger partial charge < -0.3 is 10.2 Å². The summed E-state index contributed by atoms with van der Waals surface area (Å²) in [4.78, 5) is 2.16. The van der Waals surface area contributed by atoms with E-state index in [1.165, 1.54) is 6.42 Å². The molecule has 0 aromatic carbocycles. The predicted molar refractivity (Wildman–Crippen MR) is 73.1 cm³/mol. The van der Waals surface area contributed by atoms with Gasteiger partial charge in [0.25, 0.3) is 0 Å². The van der Waals surface area contributed by atoms with E-state index < -0.39 is 10.0 Å². The lowest BCUT2D eigenvalue weighted by Crippen LogP contribution is -2.57. The van der Waals surface area contributed by atoms with Crippen LogP contribution in [0.15, 0.2) is 0 Å². The molecule has 2 rings (SSSR count). The van der Waals surface area contributed by atoms with Crippen LogP contribution in [0.4, 0.5) is 0 Å². The molecule has 1 atom stereocenters. The van der Waals surface area contributed by atoms with Gasteiger partial charge in [0.15, 0.2) is 0 Å². The number of hydrogen-bond acceptors (Lipinski definition) is 4. The Hall–Kier alpha value is -0.170. The Morgan fingerprint density at radius 3 is 2.50 bits per heavy atom. The Bertz CT molecular complexity index is 371. The van der Waals surface area contributed by atoms with E-state index in [4.69, 9.17) is 0 Å². The van der Waals surface area contributed by atoms with Gasteiger partial charge in [-0.1, -0.05) is 0 Å². The summed E-state index contributed by atoms with van der Waals surface area (Å²) in [5, 5.41) is 3.23. The second-order valence-corrected chi connectivity index (χ2v) is 7.72. The number of nitrogens with one attached hydrogen (secondary N) is 2. The molecule has 0 bridgehead atoms. The standard InChI is InChI=1S/C12H25N3O2S/c1-15(2)12(6-4-7-12)10-14-18(16,17)9-11-5-3-8-13-11/h11,13-14H,3-10H2,1-2H3. The van der Waals surface area contributed by atoms with E-state index in [2.05, 4.69) is 14.9 Å². The first-order valence-electron chi connectivity index (χ1n) is 6.82. The van der Waals surface area contributed by atoms with Crippen LogP contribution in [0.5, 0.6) is 0 Å². The minimum Gasteiger partial charge on any atom is -0.313 e. The minimum absolute atomic E-state index is 0.0518. The molecule has 1 unspecified atom stereocenters. The van der Waals surface area contributed by atoms with E-state index in [-0.39, 0.29) is 17.3 Å². The van der Waals surface area contributed by atoms with Gasteiger partial charge in [0.1, 0.15) is 0 Å². The SMILES string of the molecule is CN(C)C1(CNS(=O)(=O)CC2CCCN2)CCC1. The first-order chi connectivity index (χ1) is 8.44. The Balaban J connectivity index is 1.84. The third-order valence-electron chi connectivity index (χ3n) is 4.44. The summed E-state index contributed by atoms with van der Waals surface area (Å²) < 4.78 is 26.9. The van der Waals surface area contributed by atoms with E-state index in [0.29, 0.717) is 6.54 Å². The van der Waals surface area contributed by atoms with Gasteiger partial charge in [-0.2, -0.15) is 0 Å². The molecule has 106 valence electrons. The monoisotopic (exact) mass is 275 g/mol. The van der Waals surface area contributed by atoms with Crippen molar-refractivity contribution in [2.24, 2.45) is 0 Å². The lowest BCUT2D eigenvalue weighted by Gasteiger charge is -2.47. The van der Waals surface area contributed by atoms with Gasteiger partial charge in [-0.05, 0) is 52.7 Å². The Morgan fingerprint density at radius 2 is 2.06 bits per heavy atom. The molecule has 0 amide bonds. The molecular weight excluding hydrogens is 250 g/mol. The van der Waals surface area contributed by atoms with Crippen LogP contribution in [0.3, 0.4) is 0 Å². The number of sulfonamides is 1. The van der Waals surface area contributed by atoms with Crippen molar-refractivity contribution >= 4 is 10.0 Å². The van der Waals surface area contributed by atoms with Crippen LogP contribution in [0.1, 0.15) is 32.1 Å². The second-order valence-electron chi connectivity index (χ2n) is 5.87. The number of nitrogens with zero attached hydrogens (tertiary/aromatic N) is 1. The Labute approximate surface area is 110 Å². The highest BCUT2D eigenvalue weighted by Gasteiger charge is 2.39. The van der Waals surface area contributed by atoms with Crippen molar-refractivity contribution in [1.82, 2.24) is 14.9 Å². The summed E-state index contributed by atoms with van der Waals surface area (Å²) in [7, 11) is 0.920. The van der Waals surface area contributed by atoms with Gasteiger partial charge in [0.2, 0.25) is 10.0 Å². The second kappa shape index (κ2) is 5.45. The van der Waals surface area contributed by atoms with E-state index >= 15 is 0 Å². The van der Waals surface area contributed by atoms with Gasteiger partial charge in [-0.25, -0.2) is 13.1 Å². The van der Waals surface area contributed by atoms with Crippen LogP contribution in [0, 0.1) is 0 Å². The number of rotatable bonds is 6. The van der Waals surface area contributed by atoms with Crippen LogP contribution in [0.2, 0.25) is 0 Å². The van der Waals surface area contributed by atoms with Crippen LogP contribution < -0.4 is 10.0 Å². The summed E-state index contributed by atoms with van der Waals surface area (Å²) in [6.45, 7) is 1.50. The molecule has 6 heteroatoms. The molecule has 5 nitrogen and oxygen atoms in total. The van der Waals surface area contributed by atoms with Gasteiger partial charge in [0, 0.05) is 18.1 Å². The highest BCUT2D eigenvalue weighted by Crippen LogP contribution is 2.35. The van der Waals surface area contributed by atoms with E-state index in [1.54, 1.807) is 0 Å². The zero-order valence-corrected chi connectivity index (χ0v) is 12.2. The zero-order chi connectivity index (χ0) is 13.2. The smallest absolute Gasteiger partial charge is 0.213 e. The van der Waals surface area contributed by atoms with Crippen LogP contribution in [0.25, 0.3) is 0 Å². The van der Waals surface area contributed by atoms with Crippen molar-refractivity contribution in [3.63, 3.8) is 0 Å². The normalized spacial score (nSPS) is 27.4. The quantitative estimate of drug-likeness (QED) is 0.724. The molecular formula is C12H25N3O2S. The largest absolute Gasteiger partial charge is 0.313 e. The highest BCUT2D eigenvalue weighted by atomic mass is 32.2. The van der Waals surface area contributed by atoms with Crippen LogP contribution in [-0.4, -0.2) is 57.8 Å². The fraction of sp³-hybridized carbons (Fsp3) is 1.00. The van der Waals surface area contributed by atoms with Crippen molar-refractivity contribution in [3.8, 4) is 0 Å². The molecule has 18 heavy (non-hydrogen) atoms. The highest BCUT2D eigenvalue weighted by molar-refractivity contribution is 7.89. The average molecular weight is 275 g/mol. The van der Waals surface area contributed by atoms with Gasteiger partial charge in [-0.3, -0.25) is 0 Å². The van der Waals surface area contributed by atoms with Gasteiger partial charge >= 0.3 is 0 Å². The van der Waals surface area contributed by atoms with Crippen molar-refractivity contribution in [3.05, 3.63) is 0 Å². The minimum atomic E-state index is -3.15. The van der Waals surface area contributed by atoms with Gasteiger partial charge in [-0.15, -0.1) is 0 Å². The molecule has 2 N–H and O–H groups in total. The molecule has 1 aliphatic carbocycles. The average Bonchev–Trinajstić information content (AvgIpc) is 2.66. The summed E-state index contributed by atoms with van der Waals surface area (Å²) in [6, 6.07) is 0.138. The van der Waals surface area contributed by atoms with E-state index in [0.717, 1.165) is 32.2 Å². The molecule has 2 aliphatic rings. The first kappa shape index (κ1) is 14.2. The fourth-order valence-corrected chi connectivity index (χ4v) is 4.25. The maximum absolute atomic E-state index is 12.0. The van der Waals surface area contributed by atoms with E-state index in [1.807, 2.05) is 14.1 Å². The molecule has 1 heterocycles. The van der Waals surface area contributed by atoms with Crippen molar-refractivity contribution in [1.29, 1.82) is 0 Å². The van der Waals surface area contributed by atoms with Crippen molar-refractivity contribution < 1.29 is 8.42 Å². The third-order valence-corrected chi connectivity index (χ3v) is 5.86. The molecule has 0 radical (unpaired) electrons. The summed E-state index contributed by atoms with van der Waals surface area (Å²) >= 11 is 0. The zero-order valence-electron chi connectivity index (χ0n) is 11.4. The molecule has 1 saturated carbocycles. The van der Waals surface area contributed by atoms with Crippen LogP contribution >= 0.6 is 0 Å². The topological polar surface area (TPSA) is 61.4 Å². The summed E-state index contributed by atoms with van der Waals surface area (Å²) in [6.07, 6.45) is 5.43. The fourth-order valence-electron chi connectivity index (χ4n) is 2.83. The first-order valence-corrected chi connectivity index (χ1v) is 8.47. The number of hydrogen-bond donors (Lipinski definition) is 2. The third kappa shape index (κ3) is 3.23. The Kier molecular flexibility index (Phi) is 4.31. The molecule has 1 aliphatic heterocycles. The summed E-state index contributed by atoms with van der Waals surface area (Å²) in [5.41, 5.74) is 0.0518. The van der Waals surface area contributed by atoms with Crippen LogP contribution in [-0.2, 0) is 10.0 Å². The van der Waals surface area contributed by atoms with Crippen molar-refractivity contribution in [2.45, 2.75) is 43.7 Å². The molecule has 0 spiro atoms. The molecule has 0 aromatic heterocycles. The summed E-state index contributed by atoms with van der Waals surface area (Å²) in [5.74, 6) is 0.219. The molecule has 0 aromatic rings.